The lowest BCUT2D eigenvalue weighted by molar-refractivity contribution is 0.312. The molecular formula is C9H17N5O2S2. The normalized spacial score (nSPS) is 19.2. The summed E-state index contributed by atoms with van der Waals surface area (Å²) in [5.74, 6) is 0. The van der Waals surface area contributed by atoms with Crippen LogP contribution in [0.25, 0.3) is 0 Å². The molecule has 0 radical (unpaired) electrons. The maximum atomic E-state index is 12.0. The van der Waals surface area contributed by atoms with Gasteiger partial charge in [0.25, 0.3) is 10.0 Å². The summed E-state index contributed by atoms with van der Waals surface area (Å²) in [6, 6.07) is -0.154. The van der Waals surface area contributed by atoms with Crippen molar-refractivity contribution in [3.8, 4) is 0 Å². The van der Waals surface area contributed by atoms with Gasteiger partial charge in [-0.3, -0.25) is 0 Å². The molecule has 7 nitrogen and oxygen atoms in total. The quantitative estimate of drug-likeness (QED) is 0.784. The molecule has 1 aromatic heterocycles. The van der Waals surface area contributed by atoms with Crippen molar-refractivity contribution in [2.24, 2.45) is 0 Å². The van der Waals surface area contributed by atoms with Gasteiger partial charge in [0.05, 0.1) is 0 Å². The summed E-state index contributed by atoms with van der Waals surface area (Å²) < 4.78 is 26.4. The number of aromatic nitrogens is 2. The highest BCUT2D eigenvalue weighted by atomic mass is 32.2. The SMILES string of the molecule is CC(CN1CCCC1)NS(=O)(=O)c1nnc(N)s1. The summed E-state index contributed by atoms with van der Waals surface area (Å²) in [4.78, 5) is 2.25. The molecule has 0 bridgehead atoms. The van der Waals surface area contributed by atoms with Crippen LogP contribution >= 0.6 is 11.3 Å². The monoisotopic (exact) mass is 291 g/mol. The average Bonchev–Trinajstić information content (AvgIpc) is 2.88. The summed E-state index contributed by atoms with van der Waals surface area (Å²) in [5.41, 5.74) is 5.38. The van der Waals surface area contributed by atoms with Crippen LogP contribution in [0.4, 0.5) is 5.13 Å². The Morgan fingerprint density at radius 1 is 1.44 bits per heavy atom. The van der Waals surface area contributed by atoms with Crippen molar-refractivity contribution < 1.29 is 8.42 Å². The first kappa shape index (κ1) is 13.7. The lowest BCUT2D eigenvalue weighted by Gasteiger charge is -2.20. The van der Waals surface area contributed by atoms with E-state index in [0.717, 1.165) is 24.4 Å². The highest BCUT2D eigenvalue weighted by molar-refractivity contribution is 7.91. The molecule has 18 heavy (non-hydrogen) atoms. The van der Waals surface area contributed by atoms with E-state index in [-0.39, 0.29) is 15.5 Å². The molecule has 1 aliphatic rings. The zero-order chi connectivity index (χ0) is 13.2. The van der Waals surface area contributed by atoms with Gasteiger partial charge in [0, 0.05) is 12.6 Å². The molecule has 1 saturated heterocycles. The number of hydrogen-bond acceptors (Lipinski definition) is 7. The number of nitrogen functional groups attached to an aromatic ring is 1. The van der Waals surface area contributed by atoms with Crippen LogP contribution in [0.5, 0.6) is 0 Å². The zero-order valence-corrected chi connectivity index (χ0v) is 11.8. The Morgan fingerprint density at radius 3 is 2.67 bits per heavy atom. The van der Waals surface area contributed by atoms with Gasteiger partial charge in [-0.05, 0) is 32.9 Å². The third kappa shape index (κ3) is 3.37. The molecule has 0 spiro atoms. The minimum atomic E-state index is -3.59. The van der Waals surface area contributed by atoms with Crippen LogP contribution in [-0.4, -0.2) is 49.2 Å². The first-order valence-electron chi connectivity index (χ1n) is 5.81. The number of nitrogens with zero attached hydrogens (tertiary/aromatic N) is 3. The van der Waals surface area contributed by atoms with E-state index in [1.54, 1.807) is 0 Å². The second kappa shape index (κ2) is 5.47. The standard InChI is InChI=1S/C9H17N5O2S2/c1-7(6-14-4-2-3-5-14)13-18(15,16)9-12-11-8(10)17-9/h7,13H,2-6H2,1H3,(H2,10,11). The maximum absolute atomic E-state index is 12.0. The van der Waals surface area contributed by atoms with Gasteiger partial charge in [0.15, 0.2) is 0 Å². The summed E-state index contributed by atoms with van der Waals surface area (Å²) >= 11 is 0.871. The number of anilines is 1. The third-order valence-electron chi connectivity index (χ3n) is 2.74. The fourth-order valence-electron chi connectivity index (χ4n) is 2.03. The molecule has 1 aromatic rings. The van der Waals surface area contributed by atoms with Crippen molar-refractivity contribution in [1.82, 2.24) is 19.8 Å². The van der Waals surface area contributed by atoms with Crippen molar-refractivity contribution in [2.45, 2.75) is 30.1 Å². The van der Waals surface area contributed by atoms with Crippen molar-refractivity contribution in [2.75, 3.05) is 25.4 Å². The van der Waals surface area contributed by atoms with Gasteiger partial charge in [-0.1, -0.05) is 11.3 Å². The molecule has 0 saturated carbocycles. The number of sulfonamides is 1. The minimum absolute atomic E-state index is 0.0757. The van der Waals surface area contributed by atoms with Crippen molar-refractivity contribution in [1.29, 1.82) is 0 Å². The summed E-state index contributed by atoms with van der Waals surface area (Å²) in [7, 11) is -3.59. The van der Waals surface area contributed by atoms with Crippen LogP contribution in [0.15, 0.2) is 4.34 Å². The molecule has 2 heterocycles. The Kier molecular flexibility index (Phi) is 4.15. The van der Waals surface area contributed by atoms with Crippen molar-refractivity contribution in [3.05, 3.63) is 0 Å². The van der Waals surface area contributed by atoms with Gasteiger partial charge in [0.2, 0.25) is 9.47 Å². The number of rotatable bonds is 5. The molecular weight excluding hydrogens is 274 g/mol. The number of likely N-dealkylation sites (tertiary alicyclic amines) is 1. The number of nitrogens with one attached hydrogen (secondary N) is 1. The molecule has 1 fully saturated rings. The topological polar surface area (TPSA) is 101 Å². The summed E-state index contributed by atoms with van der Waals surface area (Å²) in [6.45, 7) is 4.64. The predicted molar refractivity (Wildman–Crippen MR) is 69.8 cm³/mol. The van der Waals surface area contributed by atoms with Gasteiger partial charge in [-0.25, -0.2) is 13.1 Å². The molecule has 1 aliphatic heterocycles. The van der Waals surface area contributed by atoms with Gasteiger partial charge >= 0.3 is 0 Å². The third-order valence-corrected chi connectivity index (χ3v) is 5.45. The van der Waals surface area contributed by atoms with E-state index >= 15 is 0 Å². The second-order valence-electron chi connectivity index (χ2n) is 4.44. The number of nitrogens with two attached hydrogens (primary N) is 1. The first-order chi connectivity index (χ1) is 8.47. The first-order valence-corrected chi connectivity index (χ1v) is 8.11. The van der Waals surface area contributed by atoms with Gasteiger partial charge < -0.3 is 10.6 Å². The largest absolute Gasteiger partial charge is 0.374 e. The molecule has 1 atom stereocenters. The second-order valence-corrected chi connectivity index (χ2v) is 7.33. The van der Waals surface area contributed by atoms with Gasteiger partial charge in [0.1, 0.15) is 0 Å². The molecule has 9 heteroatoms. The fraction of sp³-hybridized carbons (Fsp3) is 0.778. The van der Waals surface area contributed by atoms with Gasteiger partial charge in [-0.15, -0.1) is 10.2 Å². The molecule has 0 aliphatic carbocycles. The van der Waals surface area contributed by atoms with E-state index in [4.69, 9.17) is 5.73 Å². The highest BCUT2D eigenvalue weighted by Gasteiger charge is 2.23. The van der Waals surface area contributed by atoms with E-state index in [1.807, 2.05) is 6.92 Å². The van der Waals surface area contributed by atoms with Crippen LogP contribution in [0.1, 0.15) is 19.8 Å². The maximum Gasteiger partial charge on any atom is 0.270 e. The molecule has 1 unspecified atom stereocenters. The summed E-state index contributed by atoms with van der Waals surface area (Å²) in [5, 5.41) is 7.22. The lowest BCUT2D eigenvalue weighted by atomic mass is 10.3. The molecule has 102 valence electrons. The van der Waals surface area contributed by atoms with Crippen molar-refractivity contribution >= 4 is 26.5 Å². The van der Waals surface area contributed by atoms with Crippen LogP contribution in [0, 0.1) is 0 Å². The number of hydrogen-bond donors (Lipinski definition) is 2. The smallest absolute Gasteiger partial charge is 0.270 e. The van der Waals surface area contributed by atoms with Crippen molar-refractivity contribution in [3.63, 3.8) is 0 Å². The Hall–Kier alpha value is -0.770. The molecule has 0 amide bonds. The molecule has 3 N–H and O–H groups in total. The predicted octanol–water partition coefficient (Wildman–Crippen LogP) is -0.117. The van der Waals surface area contributed by atoms with E-state index < -0.39 is 10.0 Å². The summed E-state index contributed by atoms with van der Waals surface area (Å²) in [6.07, 6.45) is 2.37. The Morgan fingerprint density at radius 2 is 2.11 bits per heavy atom. The van der Waals surface area contributed by atoms with E-state index in [2.05, 4.69) is 19.8 Å². The zero-order valence-electron chi connectivity index (χ0n) is 10.2. The van der Waals surface area contributed by atoms with Crippen LogP contribution < -0.4 is 10.5 Å². The highest BCUT2D eigenvalue weighted by Crippen LogP contribution is 2.17. The molecule has 2 rings (SSSR count). The van der Waals surface area contributed by atoms with E-state index in [0.29, 0.717) is 6.54 Å². The van der Waals surface area contributed by atoms with E-state index in [9.17, 15) is 8.42 Å². The van der Waals surface area contributed by atoms with Crippen LogP contribution in [0.2, 0.25) is 0 Å². The Labute approximate surface area is 110 Å². The molecule has 0 aromatic carbocycles. The van der Waals surface area contributed by atoms with E-state index in [1.165, 1.54) is 12.8 Å². The lowest BCUT2D eigenvalue weighted by Crippen LogP contribution is -2.41. The van der Waals surface area contributed by atoms with Crippen LogP contribution in [0.3, 0.4) is 0 Å². The van der Waals surface area contributed by atoms with Crippen LogP contribution in [-0.2, 0) is 10.0 Å². The van der Waals surface area contributed by atoms with Gasteiger partial charge in [-0.2, -0.15) is 0 Å². The Balaban J connectivity index is 1.95. The Bertz CT molecular complexity index is 495. The average molecular weight is 291 g/mol. The fourth-order valence-corrected chi connectivity index (χ4v) is 4.07. The minimum Gasteiger partial charge on any atom is -0.374 e.